The molecule has 1 aliphatic rings. The number of pyridine rings is 2. The van der Waals surface area contributed by atoms with E-state index in [2.05, 4.69) is 54.7 Å². The van der Waals surface area contributed by atoms with Gasteiger partial charge in [0.2, 0.25) is 0 Å². The average molecular weight is 393 g/mol. The lowest BCUT2D eigenvalue weighted by atomic mass is 9.98. The molecule has 7 nitrogen and oxygen atoms in total. The predicted molar refractivity (Wildman–Crippen MR) is 118 cm³/mol. The fourth-order valence-electron chi connectivity index (χ4n) is 4.04. The number of aromatic nitrogens is 6. The van der Waals surface area contributed by atoms with E-state index in [4.69, 9.17) is 4.98 Å². The van der Waals surface area contributed by atoms with Gasteiger partial charge in [0, 0.05) is 36.1 Å². The Bertz CT molecular complexity index is 1400. The Morgan fingerprint density at radius 1 is 0.933 bits per heavy atom. The zero-order valence-electron chi connectivity index (χ0n) is 16.2. The van der Waals surface area contributed by atoms with Crippen molar-refractivity contribution in [3.05, 3.63) is 66.6 Å². The zero-order chi connectivity index (χ0) is 19.9. The van der Waals surface area contributed by atoms with Gasteiger partial charge in [-0.25, -0.2) is 4.98 Å². The Kier molecular flexibility index (Phi) is 3.92. The summed E-state index contributed by atoms with van der Waals surface area (Å²) in [5, 5.41) is 12.1. The van der Waals surface area contributed by atoms with Gasteiger partial charge >= 0.3 is 0 Å². The van der Waals surface area contributed by atoms with Crippen LogP contribution in [0.3, 0.4) is 0 Å². The quantitative estimate of drug-likeness (QED) is 0.432. The highest BCUT2D eigenvalue weighted by molar-refractivity contribution is 5.97. The Morgan fingerprint density at radius 3 is 2.80 bits per heavy atom. The molecule has 30 heavy (non-hydrogen) atoms. The molecular weight excluding hydrogens is 374 g/mol. The standard InChI is InChI=1S/C23H19N7/c1-2-16(13-25-8-1)20-22-19(7-11-26-20)27-23(28-22)21-17-12-15(3-4-18(17)29-30-21)14-5-9-24-10-6-14/h1-5,7-8,11-13,24H,6,9-10H2,(H,27,28)(H,29,30). The lowest BCUT2D eigenvalue weighted by molar-refractivity contribution is 0.739. The second-order valence-corrected chi connectivity index (χ2v) is 7.40. The van der Waals surface area contributed by atoms with E-state index in [-0.39, 0.29) is 0 Å². The zero-order valence-corrected chi connectivity index (χ0v) is 16.2. The predicted octanol–water partition coefficient (Wildman–Crippen LogP) is 3.94. The molecule has 5 aromatic rings. The molecule has 0 unspecified atom stereocenters. The van der Waals surface area contributed by atoms with Crippen LogP contribution in [-0.2, 0) is 0 Å². The van der Waals surface area contributed by atoms with Crippen LogP contribution < -0.4 is 5.32 Å². The van der Waals surface area contributed by atoms with Crippen LogP contribution in [-0.4, -0.2) is 43.2 Å². The van der Waals surface area contributed by atoms with Gasteiger partial charge in [0.25, 0.3) is 0 Å². The van der Waals surface area contributed by atoms with Crippen molar-refractivity contribution < 1.29 is 0 Å². The molecule has 0 saturated heterocycles. The number of aromatic amines is 2. The number of nitrogens with zero attached hydrogens (tertiary/aromatic N) is 4. The van der Waals surface area contributed by atoms with Crippen molar-refractivity contribution in [3.63, 3.8) is 0 Å². The number of benzene rings is 1. The number of H-pyrrole nitrogens is 2. The van der Waals surface area contributed by atoms with Gasteiger partial charge in [-0.05, 0) is 54.4 Å². The van der Waals surface area contributed by atoms with Crippen LogP contribution in [0.15, 0.2) is 61.1 Å². The first-order chi connectivity index (χ1) is 14.9. The molecule has 1 aliphatic heterocycles. The second-order valence-electron chi connectivity index (χ2n) is 7.40. The molecule has 3 N–H and O–H groups in total. The van der Waals surface area contributed by atoms with Crippen molar-refractivity contribution in [2.45, 2.75) is 6.42 Å². The van der Waals surface area contributed by atoms with E-state index in [1.54, 1.807) is 18.6 Å². The first kappa shape index (κ1) is 17.1. The molecule has 0 amide bonds. The molecule has 0 aliphatic carbocycles. The van der Waals surface area contributed by atoms with E-state index >= 15 is 0 Å². The van der Waals surface area contributed by atoms with Crippen LogP contribution in [0.2, 0.25) is 0 Å². The van der Waals surface area contributed by atoms with Crippen LogP contribution >= 0.6 is 0 Å². The van der Waals surface area contributed by atoms with Gasteiger partial charge in [0.05, 0.1) is 16.7 Å². The van der Waals surface area contributed by atoms with Gasteiger partial charge in [-0.15, -0.1) is 0 Å². The van der Waals surface area contributed by atoms with Crippen molar-refractivity contribution in [1.29, 1.82) is 0 Å². The van der Waals surface area contributed by atoms with E-state index in [1.165, 1.54) is 11.1 Å². The van der Waals surface area contributed by atoms with E-state index in [9.17, 15) is 0 Å². The Balaban J connectivity index is 1.50. The Hall–Kier alpha value is -3.84. The van der Waals surface area contributed by atoms with Gasteiger partial charge in [0.15, 0.2) is 5.82 Å². The van der Waals surface area contributed by atoms with Crippen molar-refractivity contribution in [3.8, 4) is 22.8 Å². The molecule has 6 rings (SSSR count). The summed E-state index contributed by atoms with van der Waals surface area (Å²) in [6.45, 7) is 1.93. The maximum Gasteiger partial charge on any atom is 0.159 e. The first-order valence-electron chi connectivity index (χ1n) is 10.0. The number of fused-ring (bicyclic) bond motifs is 2. The van der Waals surface area contributed by atoms with Gasteiger partial charge in [-0.1, -0.05) is 12.1 Å². The third-order valence-electron chi connectivity index (χ3n) is 5.56. The van der Waals surface area contributed by atoms with Crippen LogP contribution in [0.1, 0.15) is 12.0 Å². The summed E-state index contributed by atoms with van der Waals surface area (Å²) < 4.78 is 0. The molecule has 146 valence electrons. The molecule has 0 fully saturated rings. The van der Waals surface area contributed by atoms with E-state index < -0.39 is 0 Å². The summed E-state index contributed by atoms with van der Waals surface area (Å²) in [6.07, 6.45) is 8.64. The largest absolute Gasteiger partial charge is 0.336 e. The van der Waals surface area contributed by atoms with E-state index in [1.807, 2.05) is 18.2 Å². The average Bonchev–Trinajstić information content (AvgIpc) is 3.43. The minimum Gasteiger partial charge on any atom is -0.336 e. The van der Waals surface area contributed by atoms with Crippen LogP contribution in [0.5, 0.6) is 0 Å². The number of rotatable bonds is 3. The summed E-state index contributed by atoms with van der Waals surface area (Å²) in [5.41, 5.74) is 7.90. The summed E-state index contributed by atoms with van der Waals surface area (Å²) >= 11 is 0. The molecule has 4 aromatic heterocycles. The minimum atomic E-state index is 0.728. The summed E-state index contributed by atoms with van der Waals surface area (Å²) in [6, 6.07) is 12.3. The van der Waals surface area contributed by atoms with E-state index in [0.29, 0.717) is 0 Å². The number of imidazole rings is 1. The second kappa shape index (κ2) is 6.89. The fraction of sp³-hybridized carbons (Fsp3) is 0.130. The lowest BCUT2D eigenvalue weighted by Gasteiger charge is -2.14. The molecule has 0 atom stereocenters. The highest BCUT2D eigenvalue weighted by Gasteiger charge is 2.17. The smallest absolute Gasteiger partial charge is 0.159 e. The fourth-order valence-corrected chi connectivity index (χ4v) is 4.04. The minimum absolute atomic E-state index is 0.728. The highest BCUT2D eigenvalue weighted by atomic mass is 15.1. The number of nitrogens with one attached hydrogen (secondary N) is 3. The Morgan fingerprint density at radius 2 is 1.93 bits per heavy atom. The van der Waals surface area contributed by atoms with Gasteiger partial charge in [-0.2, -0.15) is 5.10 Å². The summed E-state index contributed by atoms with van der Waals surface area (Å²) in [4.78, 5) is 17.1. The molecule has 0 spiro atoms. The maximum atomic E-state index is 4.87. The normalized spacial score (nSPS) is 14.3. The summed E-state index contributed by atoms with van der Waals surface area (Å²) in [7, 11) is 0. The summed E-state index contributed by atoms with van der Waals surface area (Å²) in [5.74, 6) is 0.728. The van der Waals surface area contributed by atoms with Crippen LogP contribution in [0, 0.1) is 0 Å². The van der Waals surface area contributed by atoms with Crippen LogP contribution in [0.4, 0.5) is 0 Å². The number of hydrogen-bond donors (Lipinski definition) is 3. The molecule has 0 radical (unpaired) electrons. The Labute approximate surface area is 172 Å². The van der Waals surface area contributed by atoms with Crippen molar-refractivity contribution in [2.75, 3.05) is 13.1 Å². The molecule has 7 heteroatoms. The maximum absolute atomic E-state index is 4.87. The van der Waals surface area contributed by atoms with E-state index in [0.717, 1.165) is 64.2 Å². The molecule has 0 saturated carbocycles. The third kappa shape index (κ3) is 2.79. The van der Waals surface area contributed by atoms with Crippen molar-refractivity contribution in [2.24, 2.45) is 0 Å². The topological polar surface area (TPSA) is 95.2 Å². The highest BCUT2D eigenvalue weighted by Crippen LogP contribution is 2.31. The van der Waals surface area contributed by atoms with Gasteiger partial charge < -0.3 is 10.3 Å². The SMILES string of the molecule is C1=C(c2ccc3[nH]nc(-c4nc5c(-c6cccnc6)nccc5[nH]4)c3c2)CCNC1. The molecular formula is C23H19N7. The third-order valence-corrected chi connectivity index (χ3v) is 5.56. The van der Waals surface area contributed by atoms with Crippen LogP contribution in [0.25, 0.3) is 50.3 Å². The van der Waals surface area contributed by atoms with Gasteiger partial charge in [0.1, 0.15) is 11.2 Å². The monoisotopic (exact) mass is 393 g/mol. The number of hydrogen-bond acceptors (Lipinski definition) is 5. The molecule has 5 heterocycles. The molecule has 0 bridgehead atoms. The lowest BCUT2D eigenvalue weighted by Crippen LogP contribution is -2.19. The first-order valence-corrected chi connectivity index (χ1v) is 10.0. The molecule has 1 aromatic carbocycles. The van der Waals surface area contributed by atoms with Crippen molar-refractivity contribution >= 4 is 27.5 Å². The van der Waals surface area contributed by atoms with Gasteiger partial charge in [-0.3, -0.25) is 15.1 Å². The van der Waals surface area contributed by atoms with Crippen molar-refractivity contribution in [1.82, 2.24) is 35.5 Å².